The zero-order valence-corrected chi connectivity index (χ0v) is 10.2. The summed E-state index contributed by atoms with van der Waals surface area (Å²) < 4.78 is 0.688. The second kappa shape index (κ2) is 4.49. The van der Waals surface area contributed by atoms with Crippen LogP contribution in [0, 0.1) is 6.92 Å². The van der Waals surface area contributed by atoms with E-state index < -0.39 is 0 Å². The van der Waals surface area contributed by atoms with Crippen LogP contribution in [0.2, 0.25) is 0 Å². The third-order valence-electron chi connectivity index (χ3n) is 2.03. The van der Waals surface area contributed by atoms with E-state index >= 15 is 0 Å². The highest BCUT2D eigenvalue weighted by Crippen LogP contribution is 2.11. The number of hydrogen-bond donors (Lipinski definition) is 2. The molecule has 4 nitrogen and oxygen atoms in total. The summed E-state index contributed by atoms with van der Waals surface area (Å²) in [5.74, 6) is 0.324. The molecule has 0 fully saturated rings. The topological polar surface area (TPSA) is 57.8 Å². The van der Waals surface area contributed by atoms with Crippen LogP contribution < -0.4 is 5.32 Å². The molecule has 0 atom stereocenters. The number of anilines is 1. The molecule has 0 radical (unpaired) electrons. The number of aromatic nitrogens is 2. The molecule has 0 unspecified atom stereocenters. The molecular weight excluding hydrogens is 270 g/mol. The first-order chi connectivity index (χ1) is 7.65. The normalized spacial score (nSPS) is 10.1. The molecular formula is C11H10BrN3O. The number of halogens is 1. The molecule has 5 heteroatoms. The minimum atomic E-state index is -0.196. The molecule has 2 N–H and O–H groups in total. The van der Waals surface area contributed by atoms with Crippen LogP contribution in [0.3, 0.4) is 0 Å². The Morgan fingerprint density at radius 2 is 2.19 bits per heavy atom. The number of aromatic amines is 1. The van der Waals surface area contributed by atoms with Crippen LogP contribution >= 0.6 is 15.9 Å². The molecule has 2 aromatic heterocycles. The van der Waals surface area contributed by atoms with Gasteiger partial charge in [0, 0.05) is 5.69 Å². The van der Waals surface area contributed by atoms with Crippen LogP contribution in [-0.4, -0.2) is 15.9 Å². The molecule has 0 aliphatic rings. The fraction of sp³-hybridized carbons (Fsp3) is 0.0909. The van der Waals surface area contributed by atoms with E-state index in [9.17, 15) is 4.79 Å². The van der Waals surface area contributed by atoms with Crippen molar-refractivity contribution in [2.45, 2.75) is 6.92 Å². The van der Waals surface area contributed by atoms with Gasteiger partial charge < -0.3 is 10.3 Å². The fourth-order valence-corrected chi connectivity index (χ4v) is 1.64. The molecule has 0 aliphatic carbocycles. The third kappa shape index (κ3) is 2.49. The molecule has 0 aliphatic heterocycles. The average molecular weight is 280 g/mol. The van der Waals surface area contributed by atoms with E-state index in [0.717, 1.165) is 5.69 Å². The number of pyridine rings is 1. The van der Waals surface area contributed by atoms with E-state index in [0.29, 0.717) is 16.1 Å². The van der Waals surface area contributed by atoms with Crippen LogP contribution in [0.5, 0.6) is 0 Å². The zero-order chi connectivity index (χ0) is 11.5. The van der Waals surface area contributed by atoms with Crippen molar-refractivity contribution in [3.63, 3.8) is 0 Å². The lowest BCUT2D eigenvalue weighted by atomic mass is 10.4. The SMILES string of the molecule is Cc1ccc(C(=O)Nc2cccc(Br)n2)[nH]1. The predicted octanol–water partition coefficient (Wildman–Crippen LogP) is 2.73. The molecule has 82 valence electrons. The Bertz CT molecular complexity index is 521. The fourth-order valence-electron chi connectivity index (χ4n) is 1.30. The van der Waals surface area contributed by atoms with Gasteiger partial charge in [-0.1, -0.05) is 6.07 Å². The summed E-state index contributed by atoms with van der Waals surface area (Å²) in [5.41, 5.74) is 1.48. The third-order valence-corrected chi connectivity index (χ3v) is 2.47. The summed E-state index contributed by atoms with van der Waals surface area (Å²) in [7, 11) is 0. The van der Waals surface area contributed by atoms with Gasteiger partial charge in [0.15, 0.2) is 0 Å². The van der Waals surface area contributed by atoms with Gasteiger partial charge in [-0.05, 0) is 47.1 Å². The summed E-state index contributed by atoms with van der Waals surface area (Å²) in [6, 6.07) is 8.94. The van der Waals surface area contributed by atoms with Gasteiger partial charge >= 0.3 is 0 Å². The van der Waals surface area contributed by atoms with Gasteiger partial charge in [-0.2, -0.15) is 0 Å². The quantitative estimate of drug-likeness (QED) is 0.831. The van der Waals surface area contributed by atoms with Crippen LogP contribution in [0.4, 0.5) is 5.82 Å². The van der Waals surface area contributed by atoms with Gasteiger partial charge in [-0.15, -0.1) is 0 Å². The number of carbonyl (C=O) groups excluding carboxylic acids is 1. The lowest BCUT2D eigenvalue weighted by Crippen LogP contribution is -2.13. The number of rotatable bonds is 2. The maximum Gasteiger partial charge on any atom is 0.273 e. The Balaban J connectivity index is 2.13. The van der Waals surface area contributed by atoms with E-state index in [4.69, 9.17) is 0 Å². The number of nitrogens with zero attached hydrogens (tertiary/aromatic N) is 1. The van der Waals surface area contributed by atoms with Crippen molar-refractivity contribution in [1.29, 1.82) is 0 Å². The number of hydrogen-bond acceptors (Lipinski definition) is 2. The van der Waals surface area contributed by atoms with E-state index in [2.05, 4.69) is 31.2 Å². The molecule has 0 saturated carbocycles. The molecule has 16 heavy (non-hydrogen) atoms. The number of aryl methyl sites for hydroxylation is 1. The van der Waals surface area contributed by atoms with E-state index in [-0.39, 0.29) is 5.91 Å². The smallest absolute Gasteiger partial charge is 0.273 e. The number of nitrogens with one attached hydrogen (secondary N) is 2. The Morgan fingerprint density at radius 1 is 1.38 bits per heavy atom. The van der Waals surface area contributed by atoms with Gasteiger partial charge in [0.1, 0.15) is 16.1 Å². The van der Waals surface area contributed by atoms with Crippen molar-refractivity contribution in [2.24, 2.45) is 0 Å². The first-order valence-electron chi connectivity index (χ1n) is 4.75. The Morgan fingerprint density at radius 3 is 2.81 bits per heavy atom. The molecule has 0 spiro atoms. The standard InChI is InChI=1S/C11H10BrN3O/c1-7-5-6-8(13-7)11(16)15-10-4-2-3-9(12)14-10/h2-6,13H,1H3,(H,14,15,16). The lowest BCUT2D eigenvalue weighted by molar-refractivity contribution is 0.102. The highest BCUT2D eigenvalue weighted by atomic mass is 79.9. The average Bonchev–Trinajstić information content (AvgIpc) is 2.65. The minimum Gasteiger partial charge on any atom is -0.355 e. The van der Waals surface area contributed by atoms with Crippen molar-refractivity contribution < 1.29 is 4.79 Å². The van der Waals surface area contributed by atoms with E-state index in [1.807, 2.05) is 19.1 Å². The number of H-pyrrole nitrogens is 1. The van der Waals surface area contributed by atoms with Crippen molar-refractivity contribution in [2.75, 3.05) is 5.32 Å². The molecule has 1 amide bonds. The largest absolute Gasteiger partial charge is 0.355 e. The maximum absolute atomic E-state index is 11.7. The summed E-state index contributed by atoms with van der Waals surface area (Å²) in [4.78, 5) is 18.8. The Kier molecular flexibility index (Phi) is 3.05. The van der Waals surface area contributed by atoms with Crippen LogP contribution in [-0.2, 0) is 0 Å². The first kappa shape index (κ1) is 10.9. The van der Waals surface area contributed by atoms with E-state index in [1.54, 1.807) is 18.2 Å². The molecule has 0 aromatic carbocycles. The van der Waals surface area contributed by atoms with Crippen molar-refractivity contribution in [3.05, 3.63) is 46.3 Å². The monoisotopic (exact) mass is 279 g/mol. The predicted molar refractivity (Wildman–Crippen MR) is 65.4 cm³/mol. The Labute approximate surface area is 101 Å². The van der Waals surface area contributed by atoms with E-state index in [1.165, 1.54) is 0 Å². The van der Waals surface area contributed by atoms with Crippen LogP contribution in [0.15, 0.2) is 34.9 Å². The Hall–Kier alpha value is -1.62. The van der Waals surface area contributed by atoms with Crippen LogP contribution in [0.25, 0.3) is 0 Å². The van der Waals surface area contributed by atoms with Gasteiger partial charge in [0.05, 0.1) is 0 Å². The van der Waals surface area contributed by atoms with Crippen LogP contribution in [0.1, 0.15) is 16.2 Å². The van der Waals surface area contributed by atoms with Crippen molar-refractivity contribution in [1.82, 2.24) is 9.97 Å². The minimum absolute atomic E-state index is 0.196. The molecule has 0 bridgehead atoms. The maximum atomic E-state index is 11.7. The number of amides is 1. The number of carbonyl (C=O) groups is 1. The summed E-state index contributed by atoms with van der Waals surface area (Å²) in [6.07, 6.45) is 0. The van der Waals surface area contributed by atoms with Gasteiger partial charge in [-0.3, -0.25) is 4.79 Å². The molecule has 2 aromatic rings. The molecule has 0 saturated heterocycles. The zero-order valence-electron chi connectivity index (χ0n) is 8.62. The molecule has 2 rings (SSSR count). The van der Waals surface area contributed by atoms with Gasteiger partial charge in [0.25, 0.3) is 5.91 Å². The van der Waals surface area contributed by atoms with Gasteiger partial charge in [0.2, 0.25) is 0 Å². The summed E-state index contributed by atoms with van der Waals surface area (Å²) in [6.45, 7) is 1.90. The van der Waals surface area contributed by atoms with Crippen molar-refractivity contribution >= 4 is 27.7 Å². The highest BCUT2D eigenvalue weighted by molar-refractivity contribution is 9.10. The summed E-state index contributed by atoms with van der Waals surface area (Å²) >= 11 is 3.24. The van der Waals surface area contributed by atoms with Crippen molar-refractivity contribution in [3.8, 4) is 0 Å². The highest BCUT2D eigenvalue weighted by Gasteiger charge is 2.07. The van der Waals surface area contributed by atoms with Gasteiger partial charge in [-0.25, -0.2) is 4.98 Å². The second-order valence-corrected chi connectivity index (χ2v) is 4.17. The summed E-state index contributed by atoms with van der Waals surface area (Å²) in [5, 5.41) is 2.70. The lowest BCUT2D eigenvalue weighted by Gasteiger charge is -2.02. The molecule has 2 heterocycles. The second-order valence-electron chi connectivity index (χ2n) is 3.35. The first-order valence-corrected chi connectivity index (χ1v) is 5.54.